The number of aromatic nitrogens is 1. The first-order valence-corrected chi connectivity index (χ1v) is 14.3. The molecule has 0 aliphatic carbocycles. The number of aryl methyl sites for hydroxylation is 1. The predicted molar refractivity (Wildman–Crippen MR) is 147 cm³/mol. The van der Waals surface area contributed by atoms with Gasteiger partial charge < -0.3 is 15.7 Å². The fourth-order valence-electron chi connectivity index (χ4n) is 5.16. The number of rotatable bonds is 8. The second-order valence-electron chi connectivity index (χ2n) is 10.5. The van der Waals surface area contributed by atoms with Crippen LogP contribution in [0.15, 0.2) is 59.6 Å². The van der Waals surface area contributed by atoms with E-state index in [9.17, 15) is 17.9 Å². The Bertz CT molecular complexity index is 1420. The first kappa shape index (κ1) is 26.6. The van der Waals surface area contributed by atoms with E-state index in [1.165, 1.54) is 10.4 Å². The molecule has 2 aliphatic rings. The van der Waals surface area contributed by atoms with Gasteiger partial charge in [-0.05, 0) is 94.3 Å². The molecule has 2 saturated heterocycles. The summed E-state index contributed by atoms with van der Waals surface area (Å²) < 4.78 is 41.2. The van der Waals surface area contributed by atoms with Gasteiger partial charge >= 0.3 is 0 Å². The normalized spacial score (nSPS) is 19.8. The molecule has 3 aromatic rings. The van der Waals surface area contributed by atoms with Crippen molar-refractivity contribution in [3.8, 4) is 0 Å². The fraction of sp³-hybridized carbons (Fsp3) is 0.393. The van der Waals surface area contributed by atoms with E-state index in [1.54, 1.807) is 49.5 Å². The summed E-state index contributed by atoms with van der Waals surface area (Å²) in [5.41, 5.74) is 2.70. The van der Waals surface area contributed by atoms with Crippen LogP contribution in [0.3, 0.4) is 0 Å². The number of aliphatic hydroxyl groups is 1. The molecule has 0 spiro atoms. The van der Waals surface area contributed by atoms with Crippen LogP contribution in [0, 0.1) is 19.7 Å². The Labute approximate surface area is 223 Å². The highest BCUT2D eigenvalue weighted by Gasteiger charge is 2.48. The molecule has 38 heavy (non-hydrogen) atoms. The number of hydrogen-bond donors (Lipinski definition) is 3. The van der Waals surface area contributed by atoms with Crippen molar-refractivity contribution in [3.05, 3.63) is 71.7 Å². The van der Waals surface area contributed by atoms with Crippen LogP contribution in [0.2, 0.25) is 0 Å². The SMILES string of the molecule is Cc1cc(Nc2ccnc(Nc3ccc(S(=O)(=O)N4CC(O)(CN5CCCC5C)C4)cc3)c2C)ccc1F. The molecule has 0 radical (unpaired) electrons. The van der Waals surface area contributed by atoms with E-state index in [0.29, 0.717) is 29.7 Å². The molecule has 10 heteroatoms. The maximum atomic E-state index is 13.6. The van der Waals surface area contributed by atoms with Gasteiger partial charge in [-0.15, -0.1) is 0 Å². The summed E-state index contributed by atoms with van der Waals surface area (Å²) >= 11 is 0. The molecule has 3 N–H and O–H groups in total. The van der Waals surface area contributed by atoms with Crippen LogP contribution < -0.4 is 10.6 Å². The van der Waals surface area contributed by atoms with E-state index in [1.807, 2.05) is 13.0 Å². The minimum absolute atomic E-state index is 0.106. The molecule has 2 aromatic carbocycles. The maximum absolute atomic E-state index is 13.6. The summed E-state index contributed by atoms with van der Waals surface area (Å²) in [5, 5.41) is 17.4. The van der Waals surface area contributed by atoms with Crippen molar-refractivity contribution >= 4 is 32.9 Å². The second kappa shape index (κ2) is 10.3. The van der Waals surface area contributed by atoms with E-state index >= 15 is 0 Å². The summed E-state index contributed by atoms with van der Waals surface area (Å²) in [5.74, 6) is 0.365. The minimum Gasteiger partial charge on any atom is -0.386 e. The molecule has 1 aromatic heterocycles. The van der Waals surface area contributed by atoms with E-state index < -0.39 is 15.6 Å². The van der Waals surface area contributed by atoms with E-state index in [2.05, 4.69) is 27.4 Å². The molecule has 1 atom stereocenters. The van der Waals surface area contributed by atoms with E-state index in [-0.39, 0.29) is 23.8 Å². The van der Waals surface area contributed by atoms with Crippen molar-refractivity contribution in [1.82, 2.24) is 14.2 Å². The van der Waals surface area contributed by atoms with Gasteiger partial charge in [0.1, 0.15) is 17.2 Å². The van der Waals surface area contributed by atoms with Crippen molar-refractivity contribution < 1.29 is 17.9 Å². The third-order valence-electron chi connectivity index (χ3n) is 7.53. The minimum atomic E-state index is -3.69. The Morgan fingerprint density at radius 1 is 1.08 bits per heavy atom. The Kier molecular flexibility index (Phi) is 7.17. The number of halogens is 1. The van der Waals surface area contributed by atoms with Crippen molar-refractivity contribution in [3.63, 3.8) is 0 Å². The topological polar surface area (TPSA) is 97.8 Å². The molecule has 2 aliphatic heterocycles. The van der Waals surface area contributed by atoms with Crippen LogP contribution in [-0.2, 0) is 10.0 Å². The predicted octanol–water partition coefficient (Wildman–Crippen LogP) is 4.54. The highest BCUT2D eigenvalue weighted by atomic mass is 32.2. The van der Waals surface area contributed by atoms with Crippen molar-refractivity contribution in [2.45, 2.75) is 50.2 Å². The van der Waals surface area contributed by atoms with Crippen LogP contribution in [-0.4, -0.2) is 65.5 Å². The number of nitrogens with zero attached hydrogens (tertiary/aromatic N) is 3. The summed E-state index contributed by atoms with van der Waals surface area (Å²) in [7, 11) is -3.69. The summed E-state index contributed by atoms with van der Waals surface area (Å²) in [6.07, 6.45) is 3.90. The zero-order valence-corrected chi connectivity index (χ0v) is 22.7. The lowest BCUT2D eigenvalue weighted by molar-refractivity contribution is -0.0810. The summed E-state index contributed by atoms with van der Waals surface area (Å²) in [4.78, 5) is 6.85. The zero-order chi connectivity index (χ0) is 27.1. The standard InChI is InChI=1S/C28H34FN5O3S/c1-19-15-23(8-11-25(19)29)31-26-12-13-30-27(21(26)3)32-22-6-9-24(10-7-22)38(36,37)34-17-28(35,18-34)16-33-14-4-5-20(33)2/h6-13,15,20,35H,4-5,14,16-18H2,1-3H3,(H2,30,31,32). The van der Waals surface area contributed by atoms with Gasteiger partial charge in [0.2, 0.25) is 10.0 Å². The number of anilines is 4. The molecule has 202 valence electrons. The third-order valence-corrected chi connectivity index (χ3v) is 9.33. The number of nitrogens with one attached hydrogen (secondary N) is 2. The van der Waals surface area contributed by atoms with Crippen molar-refractivity contribution in [2.24, 2.45) is 0 Å². The number of pyridine rings is 1. The number of β-amino-alcohol motifs (C(OH)–C–C–N with tert-alkyl or cyclic N) is 1. The first-order chi connectivity index (χ1) is 18.0. The van der Waals surface area contributed by atoms with Gasteiger partial charge in [-0.25, -0.2) is 17.8 Å². The molecule has 1 unspecified atom stereocenters. The maximum Gasteiger partial charge on any atom is 0.243 e. The van der Waals surface area contributed by atoms with Crippen molar-refractivity contribution in [1.29, 1.82) is 0 Å². The number of sulfonamides is 1. The van der Waals surface area contributed by atoms with Gasteiger partial charge in [-0.2, -0.15) is 4.31 Å². The smallest absolute Gasteiger partial charge is 0.243 e. The Hall–Kier alpha value is -3.05. The molecular weight excluding hydrogens is 505 g/mol. The third kappa shape index (κ3) is 5.40. The van der Waals surface area contributed by atoms with Crippen LogP contribution in [0.4, 0.5) is 27.3 Å². The Morgan fingerprint density at radius 2 is 1.79 bits per heavy atom. The highest BCUT2D eigenvalue weighted by Crippen LogP contribution is 2.32. The van der Waals surface area contributed by atoms with Gasteiger partial charge in [0.15, 0.2) is 0 Å². The van der Waals surface area contributed by atoms with Crippen LogP contribution >= 0.6 is 0 Å². The molecule has 5 rings (SSSR count). The lowest BCUT2D eigenvalue weighted by atomic mass is 9.96. The molecular formula is C28H34FN5O3S. The van der Waals surface area contributed by atoms with Crippen LogP contribution in [0.1, 0.15) is 30.9 Å². The summed E-state index contributed by atoms with van der Waals surface area (Å²) in [6.45, 7) is 7.45. The monoisotopic (exact) mass is 539 g/mol. The largest absolute Gasteiger partial charge is 0.386 e. The highest BCUT2D eigenvalue weighted by molar-refractivity contribution is 7.89. The van der Waals surface area contributed by atoms with Crippen LogP contribution in [0.5, 0.6) is 0 Å². The lowest BCUT2D eigenvalue weighted by Gasteiger charge is -2.47. The van der Waals surface area contributed by atoms with Gasteiger partial charge in [-0.1, -0.05) is 0 Å². The Morgan fingerprint density at radius 3 is 2.45 bits per heavy atom. The quantitative estimate of drug-likeness (QED) is 0.387. The number of hydrogen-bond acceptors (Lipinski definition) is 7. The average molecular weight is 540 g/mol. The van der Waals surface area contributed by atoms with E-state index in [0.717, 1.165) is 36.3 Å². The van der Waals surface area contributed by atoms with Crippen molar-refractivity contribution in [2.75, 3.05) is 36.8 Å². The number of benzene rings is 2. The number of likely N-dealkylation sites (tertiary alicyclic amines) is 1. The first-order valence-electron chi connectivity index (χ1n) is 12.9. The molecule has 0 amide bonds. The molecule has 2 fully saturated rings. The molecule has 3 heterocycles. The zero-order valence-electron chi connectivity index (χ0n) is 21.9. The second-order valence-corrected chi connectivity index (χ2v) is 12.5. The van der Waals surface area contributed by atoms with E-state index in [4.69, 9.17) is 0 Å². The fourth-order valence-corrected chi connectivity index (χ4v) is 6.76. The lowest BCUT2D eigenvalue weighted by Crippen LogP contribution is -2.67. The van der Waals surface area contributed by atoms with Gasteiger partial charge in [0.05, 0.1) is 4.90 Å². The Balaban J connectivity index is 1.23. The average Bonchev–Trinajstić information content (AvgIpc) is 3.26. The summed E-state index contributed by atoms with van der Waals surface area (Å²) in [6, 6.07) is 13.7. The van der Waals surface area contributed by atoms with Gasteiger partial charge in [0.25, 0.3) is 0 Å². The molecule has 8 nitrogen and oxygen atoms in total. The molecule has 0 saturated carbocycles. The van der Waals surface area contributed by atoms with Crippen LogP contribution in [0.25, 0.3) is 0 Å². The molecule has 0 bridgehead atoms. The van der Waals surface area contributed by atoms with Gasteiger partial charge in [0, 0.05) is 54.5 Å². The van der Waals surface area contributed by atoms with Gasteiger partial charge in [-0.3, -0.25) is 4.90 Å².